The first-order chi connectivity index (χ1) is 14.6. The number of nitrogens with zero attached hydrogens (tertiary/aromatic N) is 4. The second-order valence-corrected chi connectivity index (χ2v) is 9.21. The number of thioether (sulfide) groups is 1. The molecule has 1 aliphatic heterocycles. The fourth-order valence-electron chi connectivity index (χ4n) is 3.36. The molecule has 3 heterocycles. The van der Waals surface area contributed by atoms with Crippen molar-refractivity contribution in [3.05, 3.63) is 46.7 Å². The van der Waals surface area contributed by atoms with Crippen LogP contribution in [0.25, 0.3) is 10.6 Å². The van der Waals surface area contributed by atoms with Gasteiger partial charge in [-0.25, -0.2) is 4.98 Å². The molecule has 2 aromatic heterocycles. The van der Waals surface area contributed by atoms with Gasteiger partial charge in [-0.05, 0) is 19.8 Å². The van der Waals surface area contributed by atoms with Gasteiger partial charge >= 0.3 is 0 Å². The Morgan fingerprint density at radius 1 is 1.33 bits per heavy atom. The Hall–Kier alpha value is -2.23. The number of hydrogen-bond donors (Lipinski definition) is 1. The summed E-state index contributed by atoms with van der Waals surface area (Å²) in [5.41, 5.74) is 8.72. The van der Waals surface area contributed by atoms with Crippen molar-refractivity contribution in [2.45, 2.75) is 56.2 Å². The van der Waals surface area contributed by atoms with E-state index in [9.17, 15) is 4.79 Å². The second-order valence-electron chi connectivity index (χ2n) is 7.41. The second kappa shape index (κ2) is 9.72. The maximum Gasteiger partial charge on any atom is 0.217 e. The third kappa shape index (κ3) is 5.27. The van der Waals surface area contributed by atoms with Gasteiger partial charge in [-0.2, -0.15) is 0 Å². The van der Waals surface area contributed by atoms with Gasteiger partial charge in [-0.3, -0.25) is 4.79 Å². The van der Waals surface area contributed by atoms with Crippen LogP contribution in [0.5, 0.6) is 0 Å². The average molecular weight is 444 g/mol. The lowest BCUT2D eigenvalue weighted by molar-refractivity contribution is -0.118. The molecule has 1 unspecified atom stereocenters. The predicted molar refractivity (Wildman–Crippen MR) is 118 cm³/mol. The van der Waals surface area contributed by atoms with Gasteiger partial charge in [-0.15, -0.1) is 21.5 Å². The third-order valence-corrected chi connectivity index (χ3v) is 6.94. The third-order valence-electron chi connectivity index (χ3n) is 5.00. The topological polar surface area (TPSA) is 95.9 Å². The van der Waals surface area contributed by atoms with Gasteiger partial charge in [0.15, 0.2) is 5.16 Å². The van der Waals surface area contributed by atoms with E-state index in [-0.39, 0.29) is 18.4 Å². The quantitative estimate of drug-likeness (QED) is 0.508. The molecule has 7 nitrogen and oxygen atoms in total. The number of rotatable bonds is 9. The number of primary amides is 1. The average Bonchev–Trinajstić information content (AvgIpc) is 3.48. The van der Waals surface area contributed by atoms with Crippen molar-refractivity contribution < 1.29 is 9.53 Å². The minimum absolute atomic E-state index is 0.167. The molecule has 1 fully saturated rings. The number of nitrogens with two attached hydrogens (primary N) is 1. The maximum atomic E-state index is 11.2. The van der Waals surface area contributed by atoms with E-state index < -0.39 is 0 Å². The summed E-state index contributed by atoms with van der Waals surface area (Å²) in [6.45, 7) is 3.58. The van der Waals surface area contributed by atoms with Crippen LogP contribution in [0.2, 0.25) is 0 Å². The van der Waals surface area contributed by atoms with E-state index in [1.165, 1.54) is 5.56 Å². The van der Waals surface area contributed by atoms with Crippen LogP contribution in [-0.2, 0) is 28.2 Å². The number of hydrogen-bond acceptors (Lipinski definition) is 7. The molecule has 9 heteroatoms. The van der Waals surface area contributed by atoms with Crippen LogP contribution in [0.15, 0.2) is 34.8 Å². The molecule has 3 aromatic rings. The molecular formula is C21H25N5O2S2. The van der Waals surface area contributed by atoms with Gasteiger partial charge in [-0.1, -0.05) is 41.6 Å². The fraction of sp³-hybridized carbons (Fsp3) is 0.429. The summed E-state index contributed by atoms with van der Waals surface area (Å²) in [7, 11) is 0. The van der Waals surface area contributed by atoms with Crippen molar-refractivity contribution in [1.82, 2.24) is 19.7 Å². The number of aromatic nitrogens is 4. The number of benzene rings is 1. The smallest absolute Gasteiger partial charge is 0.217 e. The fourth-order valence-corrected chi connectivity index (χ4v) is 5.15. The van der Waals surface area contributed by atoms with E-state index in [1.54, 1.807) is 23.1 Å². The molecule has 1 aromatic carbocycles. The van der Waals surface area contributed by atoms with Crippen LogP contribution < -0.4 is 5.73 Å². The van der Waals surface area contributed by atoms with Crippen LogP contribution in [0, 0.1) is 6.92 Å². The Morgan fingerprint density at radius 2 is 2.17 bits per heavy atom. The number of ether oxygens (including phenoxy) is 1. The summed E-state index contributed by atoms with van der Waals surface area (Å²) >= 11 is 3.26. The minimum atomic E-state index is -0.332. The Labute approximate surface area is 184 Å². The molecule has 1 saturated heterocycles. The first-order valence-electron chi connectivity index (χ1n) is 10.0. The van der Waals surface area contributed by atoms with Gasteiger partial charge < -0.3 is 15.0 Å². The van der Waals surface area contributed by atoms with Crippen LogP contribution in [0.1, 0.15) is 36.3 Å². The standard InChI is InChI=1S/C21H25N5O2S2/c1-14-4-6-15(7-5-14)20-23-16(12-29-20)13-30-21-25-24-19(9-8-18(22)27)26(21)11-17-3-2-10-28-17/h4-7,12,17H,2-3,8-11,13H2,1H3,(H2,22,27). The summed E-state index contributed by atoms with van der Waals surface area (Å²) in [4.78, 5) is 16.0. The number of carbonyl (C=O) groups excluding carboxylic acids is 1. The Kier molecular flexibility index (Phi) is 6.81. The number of amides is 1. The van der Waals surface area contributed by atoms with E-state index in [4.69, 9.17) is 15.5 Å². The van der Waals surface area contributed by atoms with Crippen molar-refractivity contribution >= 4 is 29.0 Å². The van der Waals surface area contributed by atoms with Gasteiger partial charge in [0.25, 0.3) is 0 Å². The zero-order valence-electron chi connectivity index (χ0n) is 16.9. The molecule has 0 saturated carbocycles. The highest BCUT2D eigenvalue weighted by Crippen LogP contribution is 2.28. The SMILES string of the molecule is Cc1ccc(-c2nc(CSc3nnc(CCC(N)=O)n3CC3CCCO3)cs2)cc1. The first-order valence-corrected chi connectivity index (χ1v) is 11.9. The van der Waals surface area contributed by atoms with Gasteiger partial charge in [0.1, 0.15) is 10.8 Å². The highest BCUT2D eigenvalue weighted by atomic mass is 32.2. The van der Waals surface area contributed by atoms with Gasteiger partial charge in [0.2, 0.25) is 5.91 Å². The molecule has 0 bridgehead atoms. The lowest BCUT2D eigenvalue weighted by Gasteiger charge is -2.14. The van der Waals surface area contributed by atoms with Crippen molar-refractivity contribution in [3.8, 4) is 10.6 Å². The zero-order chi connectivity index (χ0) is 20.9. The summed E-state index contributed by atoms with van der Waals surface area (Å²) in [5.74, 6) is 1.16. The van der Waals surface area contributed by atoms with Crippen molar-refractivity contribution in [1.29, 1.82) is 0 Å². The monoisotopic (exact) mass is 443 g/mol. The molecule has 0 aliphatic carbocycles. The summed E-state index contributed by atoms with van der Waals surface area (Å²) < 4.78 is 7.88. The summed E-state index contributed by atoms with van der Waals surface area (Å²) in [6, 6.07) is 8.42. The highest BCUT2D eigenvalue weighted by Gasteiger charge is 2.21. The lowest BCUT2D eigenvalue weighted by atomic mass is 10.2. The molecular weight excluding hydrogens is 418 g/mol. The van der Waals surface area contributed by atoms with Crippen molar-refractivity contribution in [2.24, 2.45) is 5.73 Å². The number of aryl methyl sites for hydroxylation is 2. The Bertz CT molecular complexity index is 993. The molecule has 158 valence electrons. The van der Waals surface area contributed by atoms with E-state index in [2.05, 4.69) is 51.3 Å². The van der Waals surface area contributed by atoms with Gasteiger partial charge in [0, 0.05) is 36.1 Å². The van der Waals surface area contributed by atoms with E-state index in [0.717, 1.165) is 46.7 Å². The highest BCUT2D eigenvalue weighted by molar-refractivity contribution is 7.98. The van der Waals surface area contributed by atoms with Crippen LogP contribution >= 0.6 is 23.1 Å². The maximum absolute atomic E-state index is 11.2. The van der Waals surface area contributed by atoms with E-state index in [1.807, 2.05) is 0 Å². The first kappa shape index (κ1) is 21.0. The Balaban J connectivity index is 1.45. The number of thiazole rings is 1. The number of carbonyl (C=O) groups is 1. The van der Waals surface area contributed by atoms with E-state index in [0.29, 0.717) is 18.7 Å². The predicted octanol–water partition coefficient (Wildman–Crippen LogP) is 3.60. The molecule has 4 rings (SSSR count). The minimum Gasteiger partial charge on any atom is -0.376 e. The normalized spacial score (nSPS) is 16.2. The summed E-state index contributed by atoms with van der Waals surface area (Å²) in [5, 5.41) is 12.6. The van der Waals surface area contributed by atoms with Crippen LogP contribution in [0.4, 0.5) is 0 Å². The Morgan fingerprint density at radius 3 is 2.90 bits per heavy atom. The molecule has 0 spiro atoms. The van der Waals surface area contributed by atoms with E-state index >= 15 is 0 Å². The molecule has 30 heavy (non-hydrogen) atoms. The van der Waals surface area contributed by atoms with Crippen molar-refractivity contribution in [3.63, 3.8) is 0 Å². The lowest BCUT2D eigenvalue weighted by Crippen LogP contribution is -2.19. The van der Waals surface area contributed by atoms with Gasteiger partial charge in [0.05, 0.1) is 18.3 Å². The summed E-state index contributed by atoms with van der Waals surface area (Å²) in [6.07, 6.45) is 3.03. The molecule has 1 atom stereocenters. The van der Waals surface area contributed by atoms with Crippen molar-refractivity contribution in [2.75, 3.05) is 6.61 Å². The largest absolute Gasteiger partial charge is 0.376 e. The molecule has 2 N–H and O–H groups in total. The molecule has 1 amide bonds. The molecule has 1 aliphatic rings. The zero-order valence-corrected chi connectivity index (χ0v) is 18.5. The van der Waals surface area contributed by atoms with Crippen LogP contribution in [-0.4, -0.2) is 38.4 Å². The molecule has 0 radical (unpaired) electrons. The van der Waals surface area contributed by atoms with Crippen LogP contribution in [0.3, 0.4) is 0 Å².